The third-order valence-electron chi connectivity index (χ3n) is 2.69. The Kier molecular flexibility index (Phi) is 7.11. The number of carbonyl (C=O) groups excluding carboxylic acids is 1. The van der Waals surface area contributed by atoms with Gasteiger partial charge in [-0.25, -0.2) is 4.79 Å². The van der Waals surface area contributed by atoms with E-state index in [0.717, 1.165) is 0 Å². The van der Waals surface area contributed by atoms with E-state index in [1.54, 1.807) is 13.8 Å². The molecule has 2 N–H and O–H groups in total. The van der Waals surface area contributed by atoms with Crippen LogP contribution in [-0.2, 0) is 14.4 Å². The van der Waals surface area contributed by atoms with Crippen LogP contribution in [0.3, 0.4) is 0 Å². The minimum Gasteiger partial charge on any atom is -0.481 e. The van der Waals surface area contributed by atoms with E-state index in [1.807, 2.05) is 13.8 Å². The topological polar surface area (TPSA) is 94.9 Å². The average molecular weight is 273 g/mol. The van der Waals surface area contributed by atoms with Crippen LogP contribution in [-0.4, -0.2) is 45.5 Å². The summed E-state index contributed by atoms with van der Waals surface area (Å²) in [4.78, 5) is 35.2. The summed E-state index contributed by atoms with van der Waals surface area (Å²) in [5, 5.41) is 17.9. The molecule has 0 radical (unpaired) electrons. The summed E-state index contributed by atoms with van der Waals surface area (Å²) < 4.78 is 0. The van der Waals surface area contributed by atoms with Crippen molar-refractivity contribution in [3.05, 3.63) is 0 Å². The van der Waals surface area contributed by atoms with Crippen LogP contribution in [0.2, 0.25) is 0 Å². The van der Waals surface area contributed by atoms with Crippen LogP contribution in [0.4, 0.5) is 0 Å². The lowest BCUT2D eigenvalue weighted by atomic mass is 10.0. The van der Waals surface area contributed by atoms with Gasteiger partial charge < -0.3 is 15.1 Å². The Morgan fingerprint density at radius 3 is 1.89 bits per heavy atom. The highest BCUT2D eigenvalue weighted by molar-refractivity contribution is 5.84. The smallest absolute Gasteiger partial charge is 0.326 e. The molecule has 0 rings (SSSR count). The van der Waals surface area contributed by atoms with Gasteiger partial charge in [0.2, 0.25) is 5.91 Å². The Balaban J connectivity index is 5.05. The van der Waals surface area contributed by atoms with Crippen molar-refractivity contribution < 1.29 is 24.6 Å². The quantitative estimate of drug-likeness (QED) is 0.698. The lowest BCUT2D eigenvalue weighted by molar-refractivity contribution is -0.153. The molecule has 0 aromatic heterocycles. The molecule has 0 aliphatic carbocycles. The number of carboxylic acids is 2. The predicted octanol–water partition coefficient (Wildman–Crippen LogP) is 1.45. The van der Waals surface area contributed by atoms with Crippen LogP contribution in [0, 0.1) is 11.8 Å². The van der Waals surface area contributed by atoms with Gasteiger partial charge in [-0.05, 0) is 11.8 Å². The maximum atomic E-state index is 12.1. The van der Waals surface area contributed by atoms with Crippen LogP contribution >= 0.6 is 0 Å². The van der Waals surface area contributed by atoms with Crippen LogP contribution in [0.1, 0.15) is 40.5 Å². The van der Waals surface area contributed by atoms with Crippen molar-refractivity contribution in [2.75, 3.05) is 6.54 Å². The third kappa shape index (κ3) is 6.22. The molecule has 0 bridgehead atoms. The van der Waals surface area contributed by atoms with Crippen molar-refractivity contribution in [1.29, 1.82) is 0 Å². The first-order valence-electron chi connectivity index (χ1n) is 6.40. The number of aliphatic carboxylic acids is 2. The van der Waals surface area contributed by atoms with Crippen molar-refractivity contribution in [1.82, 2.24) is 4.90 Å². The lowest BCUT2D eigenvalue weighted by Gasteiger charge is -2.31. The van der Waals surface area contributed by atoms with Crippen molar-refractivity contribution in [3.8, 4) is 0 Å². The molecule has 19 heavy (non-hydrogen) atoms. The van der Waals surface area contributed by atoms with Gasteiger partial charge in [0.25, 0.3) is 0 Å². The first-order chi connectivity index (χ1) is 8.66. The number of carboxylic acid groups (broad SMARTS) is 2. The van der Waals surface area contributed by atoms with Crippen molar-refractivity contribution in [3.63, 3.8) is 0 Å². The standard InChI is InChI=1S/C13H23NO5/c1-8(2)7-10(15)14(6-5-11(16)17)12(9(3)4)13(18)19/h8-9,12H,5-7H2,1-4H3,(H,16,17)(H,18,19). The van der Waals surface area contributed by atoms with Crippen molar-refractivity contribution in [2.45, 2.75) is 46.6 Å². The molecule has 0 aromatic rings. The Morgan fingerprint density at radius 2 is 1.58 bits per heavy atom. The third-order valence-corrected chi connectivity index (χ3v) is 2.69. The number of rotatable bonds is 8. The zero-order valence-corrected chi connectivity index (χ0v) is 11.9. The summed E-state index contributed by atoms with van der Waals surface area (Å²) in [6, 6.07) is -0.981. The fourth-order valence-electron chi connectivity index (χ4n) is 1.88. The van der Waals surface area contributed by atoms with E-state index in [0.29, 0.717) is 0 Å². The van der Waals surface area contributed by atoms with E-state index in [9.17, 15) is 19.5 Å². The second-order valence-corrected chi connectivity index (χ2v) is 5.36. The van der Waals surface area contributed by atoms with Crippen LogP contribution in [0.5, 0.6) is 0 Å². The van der Waals surface area contributed by atoms with E-state index in [2.05, 4.69) is 0 Å². The molecule has 0 fully saturated rings. The molecule has 0 aliphatic heterocycles. The Labute approximate surface area is 113 Å². The number of hydrogen-bond donors (Lipinski definition) is 2. The number of carbonyl (C=O) groups is 3. The highest BCUT2D eigenvalue weighted by Crippen LogP contribution is 2.15. The Hall–Kier alpha value is -1.59. The molecule has 1 unspecified atom stereocenters. The minimum atomic E-state index is -1.10. The average Bonchev–Trinajstić information content (AvgIpc) is 2.20. The first kappa shape index (κ1) is 17.4. The summed E-state index contributed by atoms with van der Waals surface area (Å²) in [7, 11) is 0. The van der Waals surface area contributed by atoms with Crippen molar-refractivity contribution >= 4 is 17.8 Å². The molecule has 1 amide bonds. The highest BCUT2D eigenvalue weighted by atomic mass is 16.4. The Bertz CT molecular complexity index is 338. The molecule has 0 spiro atoms. The number of nitrogens with zero attached hydrogens (tertiary/aromatic N) is 1. The normalized spacial score (nSPS) is 12.5. The zero-order valence-electron chi connectivity index (χ0n) is 11.9. The second-order valence-electron chi connectivity index (χ2n) is 5.36. The minimum absolute atomic E-state index is 0.0734. The molecular formula is C13H23NO5. The monoisotopic (exact) mass is 273 g/mol. The van der Waals surface area contributed by atoms with Crippen LogP contribution in [0.25, 0.3) is 0 Å². The second kappa shape index (κ2) is 7.76. The summed E-state index contributed by atoms with van der Waals surface area (Å²) in [6.07, 6.45) is -0.0313. The van der Waals surface area contributed by atoms with Gasteiger partial charge >= 0.3 is 11.9 Å². The zero-order chi connectivity index (χ0) is 15.2. The van der Waals surface area contributed by atoms with E-state index in [1.165, 1.54) is 4.90 Å². The molecular weight excluding hydrogens is 250 g/mol. The van der Waals surface area contributed by atoms with Crippen LogP contribution in [0.15, 0.2) is 0 Å². The van der Waals surface area contributed by atoms with Gasteiger partial charge in [0.05, 0.1) is 6.42 Å². The Morgan fingerprint density at radius 1 is 1.05 bits per heavy atom. The largest absolute Gasteiger partial charge is 0.481 e. The van der Waals surface area contributed by atoms with Gasteiger partial charge in [-0.15, -0.1) is 0 Å². The SMILES string of the molecule is CC(C)CC(=O)N(CCC(=O)O)C(C(=O)O)C(C)C. The van der Waals surface area contributed by atoms with Gasteiger partial charge in [-0.3, -0.25) is 9.59 Å². The fraction of sp³-hybridized carbons (Fsp3) is 0.769. The summed E-state index contributed by atoms with van der Waals surface area (Å²) >= 11 is 0. The summed E-state index contributed by atoms with van der Waals surface area (Å²) in [5.74, 6) is -2.63. The molecule has 0 heterocycles. The molecule has 1 atom stereocenters. The molecule has 110 valence electrons. The lowest BCUT2D eigenvalue weighted by Crippen LogP contribution is -2.49. The van der Waals surface area contributed by atoms with Gasteiger partial charge in [-0.1, -0.05) is 27.7 Å². The first-order valence-corrected chi connectivity index (χ1v) is 6.40. The molecule has 0 saturated heterocycles. The maximum Gasteiger partial charge on any atom is 0.326 e. The highest BCUT2D eigenvalue weighted by Gasteiger charge is 2.32. The molecule has 0 aromatic carbocycles. The molecule has 6 nitrogen and oxygen atoms in total. The van der Waals surface area contributed by atoms with E-state index < -0.39 is 18.0 Å². The van der Waals surface area contributed by atoms with Gasteiger partial charge in [0.15, 0.2) is 0 Å². The van der Waals surface area contributed by atoms with Crippen molar-refractivity contribution in [2.24, 2.45) is 11.8 Å². The fourth-order valence-corrected chi connectivity index (χ4v) is 1.88. The van der Waals surface area contributed by atoms with Gasteiger partial charge in [-0.2, -0.15) is 0 Å². The summed E-state index contributed by atoms with van der Waals surface area (Å²) in [6.45, 7) is 7.05. The summed E-state index contributed by atoms with van der Waals surface area (Å²) in [5.41, 5.74) is 0. The number of hydrogen-bond acceptors (Lipinski definition) is 3. The molecule has 0 saturated carbocycles. The maximum absolute atomic E-state index is 12.1. The van der Waals surface area contributed by atoms with Gasteiger partial charge in [0, 0.05) is 13.0 Å². The molecule has 0 aliphatic rings. The van der Waals surface area contributed by atoms with Gasteiger partial charge in [0.1, 0.15) is 6.04 Å². The molecule has 6 heteroatoms. The van der Waals surface area contributed by atoms with E-state index in [-0.39, 0.29) is 37.1 Å². The van der Waals surface area contributed by atoms with E-state index in [4.69, 9.17) is 5.11 Å². The van der Waals surface area contributed by atoms with Crippen LogP contribution < -0.4 is 0 Å². The predicted molar refractivity (Wildman–Crippen MR) is 69.7 cm³/mol. The number of amides is 1. The van der Waals surface area contributed by atoms with E-state index >= 15 is 0 Å².